The van der Waals surface area contributed by atoms with Crippen LogP contribution in [-0.2, 0) is 4.74 Å². The Kier molecular flexibility index (Phi) is 8.72. The molecule has 4 aliphatic rings. The molecule has 4 rings (SSSR count). The first-order valence-electron chi connectivity index (χ1n) is 12.1. The van der Waals surface area contributed by atoms with Crippen molar-refractivity contribution in [2.75, 3.05) is 53.4 Å². The van der Waals surface area contributed by atoms with Gasteiger partial charge in [0.1, 0.15) is 0 Å². The Morgan fingerprint density at radius 3 is 2.30 bits per heavy atom. The van der Waals surface area contributed by atoms with Crippen LogP contribution in [0.3, 0.4) is 0 Å². The zero-order chi connectivity index (χ0) is 20.3. The van der Waals surface area contributed by atoms with Gasteiger partial charge in [-0.3, -0.25) is 9.89 Å². The van der Waals surface area contributed by atoms with Crippen molar-refractivity contribution in [3.05, 3.63) is 0 Å². The molecule has 4 fully saturated rings. The van der Waals surface area contributed by atoms with Crippen molar-refractivity contribution in [2.24, 2.45) is 10.4 Å². The highest BCUT2D eigenvalue weighted by molar-refractivity contribution is 14.0. The molecule has 6 nitrogen and oxygen atoms in total. The molecule has 2 saturated heterocycles. The molecule has 2 N–H and O–H groups in total. The van der Waals surface area contributed by atoms with E-state index in [1.165, 1.54) is 77.5 Å². The van der Waals surface area contributed by atoms with Gasteiger partial charge in [-0.25, -0.2) is 0 Å². The summed E-state index contributed by atoms with van der Waals surface area (Å²) in [5, 5.41) is 7.54. The Hall–Kier alpha value is -0.120. The number of hydrogen-bond donors (Lipinski definition) is 2. The minimum Gasteiger partial charge on any atom is -0.378 e. The van der Waals surface area contributed by atoms with Gasteiger partial charge in [0.2, 0.25) is 0 Å². The van der Waals surface area contributed by atoms with Crippen LogP contribution in [0.1, 0.15) is 64.7 Å². The number of hydrogen-bond acceptors (Lipinski definition) is 4. The number of likely N-dealkylation sites (tertiary alicyclic amines) is 2. The van der Waals surface area contributed by atoms with Crippen LogP contribution in [0.25, 0.3) is 0 Å². The summed E-state index contributed by atoms with van der Waals surface area (Å²) < 4.78 is 6.03. The first kappa shape index (κ1) is 24.5. The predicted molar refractivity (Wildman–Crippen MR) is 135 cm³/mol. The summed E-state index contributed by atoms with van der Waals surface area (Å²) in [5.41, 5.74) is 0.651. The zero-order valence-corrected chi connectivity index (χ0v) is 21.7. The second kappa shape index (κ2) is 10.7. The highest BCUT2D eigenvalue weighted by Crippen LogP contribution is 2.57. The van der Waals surface area contributed by atoms with Crippen molar-refractivity contribution in [2.45, 2.75) is 82.4 Å². The van der Waals surface area contributed by atoms with E-state index in [-0.39, 0.29) is 29.5 Å². The number of rotatable bonds is 6. The monoisotopic (exact) mass is 533 g/mol. The third kappa shape index (κ3) is 4.79. The third-order valence-corrected chi connectivity index (χ3v) is 8.50. The Labute approximate surface area is 201 Å². The highest BCUT2D eigenvalue weighted by atomic mass is 127. The minimum absolute atomic E-state index is 0. The van der Waals surface area contributed by atoms with E-state index >= 15 is 0 Å². The van der Waals surface area contributed by atoms with Crippen LogP contribution >= 0.6 is 24.0 Å². The molecule has 0 aromatic carbocycles. The molecule has 2 saturated carbocycles. The fourth-order valence-corrected chi connectivity index (χ4v) is 6.26. The average Bonchev–Trinajstić information content (AvgIpc) is 2.70. The fraction of sp³-hybridized carbons (Fsp3) is 0.957. The van der Waals surface area contributed by atoms with Crippen LogP contribution in [0.2, 0.25) is 0 Å². The van der Waals surface area contributed by atoms with E-state index in [4.69, 9.17) is 4.74 Å². The maximum atomic E-state index is 6.03. The molecule has 0 bridgehead atoms. The zero-order valence-electron chi connectivity index (χ0n) is 19.4. The van der Waals surface area contributed by atoms with Crippen molar-refractivity contribution in [3.63, 3.8) is 0 Å². The summed E-state index contributed by atoms with van der Waals surface area (Å²) in [7, 11) is 4.18. The van der Waals surface area contributed by atoms with Crippen LogP contribution < -0.4 is 10.6 Å². The molecule has 0 amide bonds. The van der Waals surface area contributed by atoms with Gasteiger partial charge >= 0.3 is 0 Å². The van der Waals surface area contributed by atoms with Crippen molar-refractivity contribution >= 4 is 29.9 Å². The van der Waals surface area contributed by atoms with E-state index < -0.39 is 0 Å². The van der Waals surface area contributed by atoms with E-state index in [1.807, 2.05) is 7.05 Å². The van der Waals surface area contributed by atoms with Gasteiger partial charge in [-0.15, -0.1) is 24.0 Å². The molecule has 2 aliphatic heterocycles. The van der Waals surface area contributed by atoms with Crippen LogP contribution in [0.15, 0.2) is 4.99 Å². The number of halogens is 1. The molecular weight excluding hydrogens is 489 g/mol. The van der Waals surface area contributed by atoms with Gasteiger partial charge in [0.25, 0.3) is 0 Å². The number of aliphatic imine (C=N–C) groups is 1. The Morgan fingerprint density at radius 2 is 1.73 bits per heavy atom. The SMILES string of the molecule is CCOC1CC(NC(=NC)NCC2(N3CCCCC3)CCN(C)CC2)C12CCC2.I. The molecule has 2 heterocycles. The molecule has 2 unspecified atom stereocenters. The molecule has 2 aliphatic carbocycles. The van der Waals surface area contributed by atoms with E-state index in [2.05, 4.69) is 39.4 Å². The number of nitrogens with zero attached hydrogens (tertiary/aromatic N) is 3. The molecule has 0 aromatic heterocycles. The fourth-order valence-electron chi connectivity index (χ4n) is 6.26. The van der Waals surface area contributed by atoms with Crippen LogP contribution in [0.4, 0.5) is 0 Å². The number of piperidine rings is 2. The Bertz CT molecular complexity index is 568. The summed E-state index contributed by atoms with van der Waals surface area (Å²) >= 11 is 0. The largest absolute Gasteiger partial charge is 0.378 e. The first-order valence-corrected chi connectivity index (χ1v) is 12.1. The summed E-state index contributed by atoms with van der Waals surface area (Å²) in [6.45, 7) is 8.89. The molecular formula is C23H44IN5O. The van der Waals surface area contributed by atoms with Gasteiger partial charge in [0.15, 0.2) is 5.96 Å². The van der Waals surface area contributed by atoms with E-state index in [9.17, 15) is 0 Å². The van der Waals surface area contributed by atoms with Crippen LogP contribution in [0.5, 0.6) is 0 Å². The quantitative estimate of drug-likeness (QED) is 0.313. The lowest BCUT2D eigenvalue weighted by Crippen LogP contribution is -2.69. The number of nitrogens with one attached hydrogen (secondary N) is 2. The van der Waals surface area contributed by atoms with E-state index in [0.29, 0.717) is 17.6 Å². The summed E-state index contributed by atoms with van der Waals surface area (Å²) in [5.74, 6) is 0.992. The van der Waals surface area contributed by atoms with Crippen molar-refractivity contribution in [1.82, 2.24) is 20.4 Å². The summed E-state index contributed by atoms with van der Waals surface area (Å²) in [6, 6.07) is 0.516. The highest BCUT2D eigenvalue weighted by Gasteiger charge is 2.59. The average molecular weight is 534 g/mol. The van der Waals surface area contributed by atoms with Gasteiger partial charge in [-0.1, -0.05) is 12.8 Å². The molecule has 2 atom stereocenters. The van der Waals surface area contributed by atoms with Gasteiger partial charge < -0.3 is 20.3 Å². The topological polar surface area (TPSA) is 52.1 Å². The number of ether oxygens (including phenoxy) is 1. The lowest BCUT2D eigenvalue weighted by molar-refractivity contribution is -0.168. The summed E-state index contributed by atoms with van der Waals surface area (Å²) in [4.78, 5) is 9.89. The standard InChI is InChI=1S/C23H43N5O.HI/c1-4-29-20-17-19(23(20)9-8-10-23)26-21(24-2)25-18-22(11-15-27(3)16-12-22)28-13-6-5-7-14-28;/h19-20H,4-18H2,1-3H3,(H2,24,25,26);1H. The van der Waals surface area contributed by atoms with Gasteiger partial charge in [-0.05, 0) is 85.1 Å². The maximum absolute atomic E-state index is 6.03. The van der Waals surface area contributed by atoms with Gasteiger partial charge in [0.05, 0.1) is 6.10 Å². The third-order valence-electron chi connectivity index (χ3n) is 8.50. The normalized spacial score (nSPS) is 31.4. The molecule has 174 valence electrons. The van der Waals surface area contributed by atoms with Gasteiger partial charge in [-0.2, -0.15) is 0 Å². The Balaban J connectivity index is 0.00000256. The molecule has 0 radical (unpaired) electrons. The first-order chi connectivity index (χ1) is 14.1. The van der Waals surface area contributed by atoms with E-state index in [1.54, 1.807) is 0 Å². The van der Waals surface area contributed by atoms with Crippen molar-refractivity contribution in [3.8, 4) is 0 Å². The maximum Gasteiger partial charge on any atom is 0.191 e. The second-order valence-electron chi connectivity index (χ2n) is 9.96. The van der Waals surface area contributed by atoms with Crippen LogP contribution in [-0.4, -0.2) is 86.9 Å². The lowest BCUT2D eigenvalue weighted by Gasteiger charge is -2.61. The van der Waals surface area contributed by atoms with E-state index in [0.717, 1.165) is 25.5 Å². The lowest BCUT2D eigenvalue weighted by atomic mass is 9.51. The summed E-state index contributed by atoms with van der Waals surface area (Å²) in [6.07, 6.45) is 12.1. The minimum atomic E-state index is 0. The Morgan fingerprint density at radius 1 is 1.03 bits per heavy atom. The van der Waals surface area contributed by atoms with Crippen LogP contribution in [0, 0.1) is 5.41 Å². The number of guanidine groups is 1. The smallest absolute Gasteiger partial charge is 0.191 e. The molecule has 0 aromatic rings. The molecule has 30 heavy (non-hydrogen) atoms. The predicted octanol–water partition coefficient (Wildman–Crippen LogP) is 3.07. The van der Waals surface area contributed by atoms with Crippen molar-refractivity contribution < 1.29 is 4.74 Å². The van der Waals surface area contributed by atoms with Crippen molar-refractivity contribution in [1.29, 1.82) is 0 Å². The molecule has 7 heteroatoms. The second-order valence-corrected chi connectivity index (χ2v) is 9.96. The van der Waals surface area contributed by atoms with Gasteiger partial charge in [0, 0.05) is 37.2 Å². The molecule has 1 spiro atoms.